The van der Waals surface area contributed by atoms with Crippen LogP contribution in [-0.2, 0) is 5.54 Å². The number of hydrogen-bond donors (Lipinski definition) is 2. The number of aryl methyl sites for hydroxylation is 1. The summed E-state index contributed by atoms with van der Waals surface area (Å²) in [5, 5.41) is 10.1. The third-order valence-electron chi connectivity index (χ3n) is 3.43. The number of benzene rings is 1. The number of aromatic hydroxyl groups is 1. The summed E-state index contributed by atoms with van der Waals surface area (Å²) in [5.74, 6) is 0.373. The van der Waals surface area contributed by atoms with Crippen LogP contribution in [-0.4, -0.2) is 5.11 Å². The molecule has 0 radical (unpaired) electrons. The summed E-state index contributed by atoms with van der Waals surface area (Å²) in [7, 11) is 0. The molecule has 15 heavy (non-hydrogen) atoms. The van der Waals surface area contributed by atoms with E-state index in [9.17, 15) is 5.11 Å². The Morgan fingerprint density at radius 1 is 1.40 bits per heavy atom. The van der Waals surface area contributed by atoms with E-state index in [2.05, 4.69) is 15.9 Å². The van der Waals surface area contributed by atoms with E-state index in [1.165, 1.54) is 0 Å². The lowest BCUT2D eigenvalue weighted by Gasteiger charge is -2.40. The second-order valence-electron chi connectivity index (χ2n) is 4.53. The smallest absolute Gasteiger partial charge is 0.123 e. The third kappa shape index (κ3) is 1.58. The van der Waals surface area contributed by atoms with Crippen molar-refractivity contribution in [2.75, 3.05) is 0 Å². The Labute approximate surface area is 98.6 Å². The Hall–Kier alpha value is -0.540. The highest BCUT2D eigenvalue weighted by Crippen LogP contribution is 2.46. The van der Waals surface area contributed by atoms with Crippen LogP contribution in [0.5, 0.6) is 5.75 Å². The molecule has 0 saturated heterocycles. The highest BCUT2D eigenvalue weighted by molar-refractivity contribution is 9.10. The van der Waals surface area contributed by atoms with Crippen molar-refractivity contribution in [3.63, 3.8) is 0 Å². The fraction of sp³-hybridized carbons (Fsp3) is 0.500. The Balaban J connectivity index is 2.63. The van der Waals surface area contributed by atoms with Gasteiger partial charge in [0, 0.05) is 15.6 Å². The summed E-state index contributed by atoms with van der Waals surface area (Å²) in [6, 6.07) is 1.94. The van der Waals surface area contributed by atoms with Crippen LogP contribution in [0.3, 0.4) is 0 Å². The average molecular weight is 270 g/mol. The quantitative estimate of drug-likeness (QED) is 0.823. The van der Waals surface area contributed by atoms with Crippen LogP contribution in [0.1, 0.15) is 36.0 Å². The first-order valence-electron chi connectivity index (χ1n) is 5.24. The van der Waals surface area contributed by atoms with Gasteiger partial charge in [0.15, 0.2) is 0 Å². The molecule has 0 heterocycles. The van der Waals surface area contributed by atoms with Crippen LogP contribution >= 0.6 is 15.9 Å². The van der Waals surface area contributed by atoms with Crippen LogP contribution in [0.15, 0.2) is 10.5 Å². The predicted molar refractivity (Wildman–Crippen MR) is 65.0 cm³/mol. The minimum Gasteiger partial charge on any atom is -0.507 e. The monoisotopic (exact) mass is 269 g/mol. The molecule has 0 aliphatic heterocycles. The van der Waals surface area contributed by atoms with Crippen molar-refractivity contribution in [3.05, 3.63) is 27.2 Å². The SMILES string of the molecule is Cc1cc(Br)c(C)c(C2(N)CCC2)c1O. The van der Waals surface area contributed by atoms with Gasteiger partial charge in [-0.2, -0.15) is 0 Å². The van der Waals surface area contributed by atoms with E-state index in [-0.39, 0.29) is 5.54 Å². The van der Waals surface area contributed by atoms with Gasteiger partial charge < -0.3 is 10.8 Å². The molecule has 1 aromatic carbocycles. The van der Waals surface area contributed by atoms with Crippen molar-refractivity contribution in [2.24, 2.45) is 5.73 Å². The van der Waals surface area contributed by atoms with Gasteiger partial charge in [-0.15, -0.1) is 0 Å². The maximum absolute atomic E-state index is 10.1. The topological polar surface area (TPSA) is 46.2 Å². The minimum atomic E-state index is -0.303. The van der Waals surface area contributed by atoms with Gasteiger partial charge in [-0.25, -0.2) is 0 Å². The first-order chi connectivity index (χ1) is 6.96. The van der Waals surface area contributed by atoms with E-state index in [1.54, 1.807) is 0 Å². The zero-order valence-corrected chi connectivity index (χ0v) is 10.7. The van der Waals surface area contributed by atoms with E-state index in [1.807, 2.05) is 19.9 Å². The maximum atomic E-state index is 10.1. The van der Waals surface area contributed by atoms with Crippen molar-refractivity contribution in [3.8, 4) is 5.75 Å². The van der Waals surface area contributed by atoms with Crippen molar-refractivity contribution < 1.29 is 5.11 Å². The molecule has 1 saturated carbocycles. The van der Waals surface area contributed by atoms with Gasteiger partial charge >= 0.3 is 0 Å². The fourth-order valence-corrected chi connectivity index (χ4v) is 2.82. The summed E-state index contributed by atoms with van der Waals surface area (Å²) in [6.07, 6.45) is 3.09. The normalized spacial score (nSPS) is 18.7. The lowest BCUT2D eigenvalue weighted by Crippen LogP contribution is -2.44. The van der Waals surface area contributed by atoms with Crippen LogP contribution in [0.4, 0.5) is 0 Å². The van der Waals surface area contributed by atoms with Gasteiger partial charge in [-0.05, 0) is 50.3 Å². The standard InChI is InChI=1S/C12H16BrNO/c1-7-6-9(13)8(2)10(11(7)15)12(14)4-3-5-12/h6,15H,3-5,14H2,1-2H3. The summed E-state index contributed by atoms with van der Waals surface area (Å²) in [6.45, 7) is 3.91. The molecule has 0 spiro atoms. The lowest BCUT2D eigenvalue weighted by atomic mass is 9.70. The molecule has 3 N–H and O–H groups in total. The zero-order chi connectivity index (χ0) is 11.2. The molecular weight excluding hydrogens is 254 g/mol. The van der Waals surface area contributed by atoms with Crippen LogP contribution in [0.25, 0.3) is 0 Å². The van der Waals surface area contributed by atoms with Crippen LogP contribution in [0, 0.1) is 13.8 Å². The highest BCUT2D eigenvalue weighted by Gasteiger charge is 2.38. The number of hydrogen-bond acceptors (Lipinski definition) is 2. The average Bonchev–Trinajstić information content (AvgIpc) is 2.12. The van der Waals surface area contributed by atoms with Crippen LogP contribution in [0.2, 0.25) is 0 Å². The Bertz CT molecular complexity index is 384. The maximum Gasteiger partial charge on any atom is 0.123 e. The number of phenolic OH excluding ortho intramolecular Hbond substituents is 1. The van der Waals surface area contributed by atoms with E-state index in [0.29, 0.717) is 5.75 Å². The first-order valence-corrected chi connectivity index (χ1v) is 6.03. The molecule has 3 heteroatoms. The lowest BCUT2D eigenvalue weighted by molar-refractivity contribution is 0.244. The minimum absolute atomic E-state index is 0.303. The Morgan fingerprint density at radius 3 is 2.47 bits per heavy atom. The molecule has 0 amide bonds. The summed E-state index contributed by atoms with van der Waals surface area (Å²) >= 11 is 3.51. The molecule has 82 valence electrons. The summed E-state index contributed by atoms with van der Waals surface area (Å²) in [4.78, 5) is 0. The molecule has 1 aliphatic rings. The first kappa shape index (κ1) is 11.0. The molecule has 1 aliphatic carbocycles. The molecule has 2 nitrogen and oxygen atoms in total. The van der Waals surface area contributed by atoms with Crippen molar-refractivity contribution >= 4 is 15.9 Å². The van der Waals surface area contributed by atoms with E-state index < -0.39 is 0 Å². The van der Waals surface area contributed by atoms with Gasteiger partial charge in [-0.1, -0.05) is 15.9 Å². The van der Waals surface area contributed by atoms with Gasteiger partial charge in [-0.3, -0.25) is 0 Å². The van der Waals surface area contributed by atoms with Gasteiger partial charge in [0.05, 0.1) is 0 Å². The second-order valence-corrected chi connectivity index (χ2v) is 5.39. The van der Waals surface area contributed by atoms with Crippen molar-refractivity contribution in [2.45, 2.75) is 38.6 Å². The molecular formula is C12H16BrNO. The molecule has 0 bridgehead atoms. The molecule has 0 aromatic heterocycles. The van der Waals surface area contributed by atoms with Gasteiger partial charge in [0.1, 0.15) is 5.75 Å². The molecule has 0 unspecified atom stereocenters. The highest BCUT2D eigenvalue weighted by atomic mass is 79.9. The number of nitrogens with two attached hydrogens (primary N) is 1. The van der Waals surface area contributed by atoms with Crippen molar-refractivity contribution in [1.29, 1.82) is 0 Å². The predicted octanol–water partition coefficient (Wildman–Crippen LogP) is 3.11. The Morgan fingerprint density at radius 2 is 2.00 bits per heavy atom. The van der Waals surface area contributed by atoms with E-state index in [0.717, 1.165) is 40.4 Å². The number of rotatable bonds is 1. The number of halogens is 1. The Kier molecular flexibility index (Phi) is 2.55. The van der Waals surface area contributed by atoms with E-state index in [4.69, 9.17) is 5.73 Å². The second kappa shape index (κ2) is 3.49. The number of phenols is 1. The van der Waals surface area contributed by atoms with Crippen LogP contribution < -0.4 is 5.73 Å². The molecule has 1 aromatic rings. The van der Waals surface area contributed by atoms with E-state index >= 15 is 0 Å². The third-order valence-corrected chi connectivity index (χ3v) is 4.25. The van der Waals surface area contributed by atoms with Gasteiger partial charge in [0.2, 0.25) is 0 Å². The van der Waals surface area contributed by atoms with Gasteiger partial charge in [0.25, 0.3) is 0 Å². The molecule has 0 atom stereocenters. The summed E-state index contributed by atoms with van der Waals surface area (Å²) in [5.41, 5.74) is 8.87. The largest absolute Gasteiger partial charge is 0.507 e. The molecule has 2 rings (SSSR count). The summed E-state index contributed by atoms with van der Waals surface area (Å²) < 4.78 is 1.03. The fourth-order valence-electron chi connectivity index (χ4n) is 2.28. The molecule has 1 fully saturated rings. The van der Waals surface area contributed by atoms with Crippen molar-refractivity contribution in [1.82, 2.24) is 0 Å². The zero-order valence-electron chi connectivity index (χ0n) is 9.10.